The molecule has 0 radical (unpaired) electrons. The fraction of sp³-hybridized carbons (Fsp3) is 0.250. The van der Waals surface area contributed by atoms with Gasteiger partial charge in [0.1, 0.15) is 11.5 Å². The van der Waals surface area contributed by atoms with Crippen LogP contribution in [0, 0.1) is 0 Å². The minimum atomic E-state index is -4.39. The van der Waals surface area contributed by atoms with E-state index in [0.29, 0.717) is 17.1 Å². The Bertz CT molecular complexity index is 781. The molecule has 1 aromatic carbocycles. The second-order valence-electron chi connectivity index (χ2n) is 5.44. The van der Waals surface area contributed by atoms with E-state index in [1.807, 2.05) is 0 Å². The fourth-order valence-electron chi connectivity index (χ4n) is 2.20. The predicted octanol–water partition coefficient (Wildman–Crippen LogP) is 4.01. The largest absolute Gasteiger partial charge is 0.455 e. The number of alkyl halides is 3. The van der Waals surface area contributed by atoms with Crippen molar-refractivity contribution in [2.24, 2.45) is 10.8 Å². The van der Waals surface area contributed by atoms with Crippen molar-refractivity contribution in [2.75, 3.05) is 0 Å². The molecule has 1 fully saturated rings. The summed E-state index contributed by atoms with van der Waals surface area (Å²) < 4.78 is 43.9. The number of halogens is 3. The van der Waals surface area contributed by atoms with Crippen molar-refractivity contribution < 1.29 is 17.6 Å². The highest BCUT2D eigenvalue weighted by Crippen LogP contribution is 2.32. The van der Waals surface area contributed by atoms with Crippen LogP contribution in [0.1, 0.15) is 24.2 Å². The Kier molecular flexibility index (Phi) is 4.31. The van der Waals surface area contributed by atoms with E-state index in [1.54, 1.807) is 23.2 Å². The summed E-state index contributed by atoms with van der Waals surface area (Å²) in [6.45, 7) is 0. The summed E-state index contributed by atoms with van der Waals surface area (Å²) in [5.41, 5.74) is 5.22. The van der Waals surface area contributed by atoms with Gasteiger partial charge in [0.15, 0.2) is 5.11 Å². The molecule has 0 atom stereocenters. The molecule has 24 heavy (non-hydrogen) atoms. The highest BCUT2D eigenvalue weighted by atomic mass is 32.1. The summed E-state index contributed by atoms with van der Waals surface area (Å²) in [6.07, 6.45) is -0.992. The third-order valence-corrected chi connectivity index (χ3v) is 3.72. The van der Waals surface area contributed by atoms with Gasteiger partial charge in [0.2, 0.25) is 0 Å². The lowest BCUT2D eigenvalue weighted by molar-refractivity contribution is -0.137. The van der Waals surface area contributed by atoms with Crippen LogP contribution in [0.2, 0.25) is 0 Å². The van der Waals surface area contributed by atoms with E-state index in [9.17, 15) is 13.2 Å². The zero-order valence-corrected chi connectivity index (χ0v) is 13.3. The Balaban J connectivity index is 1.79. The van der Waals surface area contributed by atoms with E-state index in [0.717, 1.165) is 25.0 Å². The second-order valence-corrected chi connectivity index (χ2v) is 5.86. The molecule has 0 aliphatic heterocycles. The summed E-state index contributed by atoms with van der Waals surface area (Å²) in [4.78, 5) is 0. The molecule has 0 unspecified atom stereocenters. The highest BCUT2D eigenvalue weighted by Gasteiger charge is 2.31. The lowest BCUT2D eigenvalue weighted by atomic mass is 10.1. The molecule has 0 bridgehead atoms. The molecule has 3 rings (SSSR count). The number of thiocarbonyl (C=S) groups is 1. The summed E-state index contributed by atoms with van der Waals surface area (Å²) in [5.74, 6) is 0.736. The van der Waals surface area contributed by atoms with Gasteiger partial charge in [0.05, 0.1) is 17.8 Å². The van der Waals surface area contributed by atoms with Gasteiger partial charge < -0.3 is 10.2 Å². The lowest BCUT2D eigenvalue weighted by Gasteiger charge is -2.14. The van der Waals surface area contributed by atoms with Crippen LogP contribution in [-0.2, 0) is 6.18 Å². The van der Waals surface area contributed by atoms with Crippen LogP contribution in [0.5, 0.6) is 0 Å². The zero-order valence-electron chi connectivity index (χ0n) is 12.5. The van der Waals surface area contributed by atoms with E-state index < -0.39 is 11.7 Å². The molecule has 4 nitrogen and oxygen atoms in total. The molecule has 1 aliphatic carbocycles. The molecule has 2 N–H and O–H groups in total. The van der Waals surface area contributed by atoms with Crippen molar-refractivity contribution in [2.45, 2.75) is 25.1 Å². The van der Waals surface area contributed by atoms with Gasteiger partial charge in [-0.2, -0.15) is 18.3 Å². The molecule has 1 saturated carbocycles. The Morgan fingerprint density at radius 2 is 2.04 bits per heavy atom. The number of hydrazone groups is 1. The molecule has 0 spiro atoms. The number of nitrogens with zero attached hydrogens (tertiary/aromatic N) is 2. The van der Waals surface area contributed by atoms with Crippen molar-refractivity contribution in [1.29, 1.82) is 0 Å². The number of hydrogen-bond acceptors (Lipinski definition) is 3. The Morgan fingerprint density at radius 1 is 1.29 bits per heavy atom. The molecule has 0 saturated heterocycles. The van der Waals surface area contributed by atoms with Gasteiger partial charge in [-0.3, -0.25) is 0 Å². The summed E-state index contributed by atoms with van der Waals surface area (Å²) in [7, 11) is 0. The van der Waals surface area contributed by atoms with Crippen LogP contribution in [0.4, 0.5) is 13.2 Å². The topological polar surface area (TPSA) is 54.8 Å². The van der Waals surface area contributed by atoms with Crippen molar-refractivity contribution in [3.63, 3.8) is 0 Å². The van der Waals surface area contributed by atoms with Gasteiger partial charge in [-0.25, -0.2) is 5.01 Å². The molecule has 1 aromatic heterocycles. The van der Waals surface area contributed by atoms with Crippen molar-refractivity contribution >= 4 is 23.5 Å². The van der Waals surface area contributed by atoms with E-state index in [2.05, 4.69) is 5.10 Å². The molecule has 8 heteroatoms. The van der Waals surface area contributed by atoms with Crippen LogP contribution in [0.25, 0.3) is 11.3 Å². The average molecular weight is 353 g/mol. The monoisotopic (exact) mass is 353 g/mol. The molecule has 0 amide bonds. The first-order chi connectivity index (χ1) is 11.3. The van der Waals surface area contributed by atoms with E-state index in [1.165, 1.54) is 12.3 Å². The Morgan fingerprint density at radius 3 is 2.67 bits per heavy atom. The quantitative estimate of drug-likeness (QED) is 0.513. The first-order valence-corrected chi connectivity index (χ1v) is 7.65. The maximum Gasteiger partial charge on any atom is 0.416 e. The zero-order chi connectivity index (χ0) is 17.3. The Hall–Kier alpha value is -2.35. The van der Waals surface area contributed by atoms with Crippen molar-refractivity contribution in [1.82, 2.24) is 5.01 Å². The predicted molar refractivity (Wildman–Crippen MR) is 88.4 cm³/mol. The molecule has 1 heterocycles. The molecule has 126 valence electrons. The van der Waals surface area contributed by atoms with Gasteiger partial charge in [-0.15, -0.1) is 0 Å². The average Bonchev–Trinajstić information content (AvgIpc) is 3.23. The number of nitrogens with two attached hydrogens (primary N) is 1. The van der Waals surface area contributed by atoms with Crippen LogP contribution in [-0.4, -0.2) is 22.4 Å². The highest BCUT2D eigenvalue weighted by molar-refractivity contribution is 7.80. The molecular formula is C16H14F3N3OS. The SMILES string of the molecule is NC(=S)N(N=Cc1ccc(-c2cccc(C(F)(F)F)c2)o1)C1CC1. The van der Waals surface area contributed by atoms with Crippen molar-refractivity contribution in [3.8, 4) is 11.3 Å². The van der Waals surface area contributed by atoms with Gasteiger partial charge in [0.25, 0.3) is 0 Å². The van der Waals surface area contributed by atoms with Crippen LogP contribution in [0.15, 0.2) is 45.9 Å². The smallest absolute Gasteiger partial charge is 0.416 e. The van der Waals surface area contributed by atoms with Crippen LogP contribution < -0.4 is 5.73 Å². The van der Waals surface area contributed by atoms with E-state index >= 15 is 0 Å². The third-order valence-electron chi connectivity index (χ3n) is 3.53. The van der Waals surface area contributed by atoms with Crippen molar-refractivity contribution in [3.05, 3.63) is 47.7 Å². The second kappa shape index (κ2) is 6.27. The summed E-state index contributed by atoms with van der Waals surface area (Å²) in [5, 5.41) is 5.91. The van der Waals surface area contributed by atoms with Gasteiger partial charge in [-0.1, -0.05) is 12.1 Å². The van der Waals surface area contributed by atoms with Gasteiger partial charge in [-0.05, 0) is 49.3 Å². The van der Waals surface area contributed by atoms with Gasteiger partial charge in [0, 0.05) is 5.56 Å². The summed E-state index contributed by atoms with van der Waals surface area (Å²) >= 11 is 4.93. The van der Waals surface area contributed by atoms with Crippen LogP contribution in [0.3, 0.4) is 0 Å². The fourth-order valence-corrected chi connectivity index (χ4v) is 2.39. The van der Waals surface area contributed by atoms with Crippen LogP contribution >= 0.6 is 12.2 Å². The minimum Gasteiger partial charge on any atom is -0.455 e. The third kappa shape index (κ3) is 3.76. The number of benzene rings is 1. The molecule has 1 aliphatic rings. The molecule has 2 aromatic rings. The molecular weight excluding hydrogens is 339 g/mol. The Labute approximate surface area is 141 Å². The first kappa shape index (κ1) is 16.5. The maximum absolute atomic E-state index is 12.8. The van der Waals surface area contributed by atoms with E-state index in [4.69, 9.17) is 22.4 Å². The minimum absolute atomic E-state index is 0.179. The summed E-state index contributed by atoms with van der Waals surface area (Å²) in [6, 6.07) is 8.41. The number of furan rings is 1. The lowest BCUT2D eigenvalue weighted by Crippen LogP contribution is -2.32. The first-order valence-electron chi connectivity index (χ1n) is 7.25. The van der Waals surface area contributed by atoms with E-state index in [-0.39, 0.29) is 11.2 Å². The maximum atomic E-state index is 12.8. The number of hydrogen-bond donors (Lipinski definition) is 1. The number of rotatable bonds is 4. The standard InChI is InChI=1S/C16H14F3N3OS/c17-16(18,19)11-3-1-2-10(8-11)14-7-6-13(23-14)9-21-22(15(20)24)12-4-5-12/h1-3,6-9,12H,4-5H2,(H2,20,24). The van der Waals surface area contributed by atoms with Gasteiger partial charge >= 0.3 is 6.18 Å². The normalized spacial score (nSPS) is 15.0.